The molecule has 0 fully saturated rings. The number of thiophene rings is 1. The first-order valence-electron chi connectivity index (χ1n) is 5.94. The highest BCUT2D eigenvalue weighted by molar-refractivity contribution is 7.93. The van der Waals surface area contributed by atoms with Crippen LogP contribution in [0.3, 0.4) is 0 Å². The maximum Gasteiger partial charge on any atom is 0.263 e. The molecule has 2 aromatic rings. The van der Waals surface area contributed by atoms with Crippen molar-refractivity contribution in [3.8, 4) is 0 Å². The molecule has 0 spiro atoms. The zero-order valence-electron chi connectivity index (χ0n) is 11.1. The maximum atomic E-state index is 13.7. The van der Waals surface area contributed by atoms with E-state index in [-0.39, 0.29) is 10.6 Å². The van der Waals surface area contributed by atoms with Gasteiger partial charge in [0.25, 0.3) is 10.0 Å². The number of rotatable bonds is 5. The standard InChI is InChI=1S/C13H15FN2O2S2/c1-9-3-4-11(10(14)7-9)16-20(17,18)13-5-6-19-12(13)8-15-2/h3-7,15-16H,8H2,1-2H3. The van der Waals surface area contributed by atoms with Crippen LogP contribution in [0, 0.1) is 12.7 Å². The second kappa shape index (κ2) is 5.90. The van der Waals surface area contributed by atoms with E-state index in [0.29, 0.717) is 11.4 Å². The van der Waals surface area contributed by atoms with Crippen LogP contribution >= 0.6 is 11.3 Å². The molecule has 2 rings (SSSR count). The first-order chi connectivity index (χ1) is 9.44. The van der Waals surface area contributed by atoms with Crippen LogP contribution in [0.5, 0.6) is 0 Å². The molecule has 0 aliphatic rings. The fourth-order valence-corrected chi connectivity index (χ4v) is 4.28. The molecule has 0 amide bonds. The summed E-state index contributed by atoms with van der Waals surface area (Å²) in [5.41, 5.74) is 0.689. The van der Waals surface area contributed by atoms with Gasteiger partial charge >= 0.3 is 0 Å². The summed E-state index contributed by atoms with van der Waals surface area (Å²) in [5.74, 6) is -0.584. The first kappa shape index (κ1) is 15.0. The summed E-state index contributed by atoms with van der Waals surface area (Å²) in [4.78, 5) is 0.865. The van der Waals surface area contributed by atoms with Crippen LogP contribution in [0.25, 0.3) is 0 Å². The molecule has 1 aromatic heterocycles. The van der Waals surface area contributed by atoms with Crippen LogP contribution in [0.2, 0.25) is 0 Å². The molecule has 1 aromatic carbocycles. The second-order valence-electron chi connectivity index (χ2n) is 4.33. The van der Waals surface area contributed by atoms with Gasteiger partial charge in [0.2, 0.25) is 0 Å². The highest BCUT2D eigenvalue weighted by Crippen LogP contribution is 2.25. The molecule has 0 aliphatic carbocycles. The molecule has 0 saturated heterocycles. The van der Waals surface area contributed by atoms with Crippen LogP contribution in [0.1, 0.15) is 10.4 Å². The highest BCUT2D eigenvalue weighted by Gasteiger charge is 2.20. The largest absolute Gasteiger partial charge is 0.315 e. The van der Waals surface area contributed by atoms with E-state index in [0.717, 1.165) is 5.56 Å². The Kier molecular flexibility index (Phi) is 4.42. The summed E-state index contributed by atoms with van der Waals surface area (Å²) in [6.45, 7) is 2.19. The number of hydrogen-bond donors (Lipinski definition) is 2. The van der Waals surface area contributed by atoms with Crippen molar-refractivity contribution in [2.45, 2.75) is 18.4 Å². The third-order valence-electron chi connectivity index (χ3n) is 2.70. The van der Waals surface area contributed by atoms with Crippen molar-refractivity contribution in [2.24, 2.45) is 0 Å². The fourth-order valence-electron chi connectivity index (χ4n) is 1.76. The average Bonchev–Trinajstić information content (AvgIpc) is 2.82. The van der Waals surface area contributed by atoms with Crippen LogP contribution in [0.15, 0.2) is 34.5 Å². The van der Waals surface area contributed by atoms with E-state index in [1.807, 2.05) is 0 Å². The molecule has 1 heterocycles. The van der Waals surface area contributed by atoms with Crippen molar-refractivity contribution in [3.63, 3.8) is 0 Å². The zero-order chi connectivity index (χ0) is 14.8. The lowest BCUT2D eigenvalue weighted by molar-refractivity contribution is 0.597. The van der Waals surface area contributed by atoms with Gasteiger partial charge in [0.1, 0.15) is 10.7 Å². The van der Waals surface area contributed by atoms with E-state index in [4.69, 9.17) is 0 Å². The van der Waals surface area contributed by atoms with E-state index in [2.05, 4.69) is 10.0 Å². The number of sulfonamides is 1. The Hall–Kier alpha value is -1.44. The fraction of sp³-hybridized carbons (Fsp3) is 0.231. The highest BCUT2D eigenvalue weighted by atomic mass is 32.2. The Labute approximate surface area is 121 Å². The van der Waals surface area contributed by atoms with Crippen molar-refractivity contribution >= 4 is 27.0 Å². The Morgan fingerprint density at radius 2 is 2.05 bits per heavy atom. The normalized spacial score (nSPS) is 11.6. The van der Waals surface area contributed by atoms with E-state index in [1.165, 1.54) is 29.5 Å². The van der Waals surface area contributed by atoms with Gasteiger partial charge in [-0.1, -0.05) is 6.07 Å². The van der Waals surface area contributed by atoms with Gasteiger partial charge in [-0.25, -0.2) is 12.8 Å². The van der Waals surface area contributed by atoms with E-state index in [1.54, 1.807) is 25.4 Å². The molecule has 108 valence electrons. The number of benzene rings is 1. The number of halogens is 1. The van der Waals surface area contributed by atoms with Gasteiger partial charge in [0.05, 0.1) is 5.69 Å². The average molecular weight is 314 g/mol. The Balaban J connectivity index is 2.33. The molecule has 7 heteroatoms. The molecule has 2 N–H and O–H groups in total. The summed E-state index contributed by atoms with van der Waals surface area (Å²) in [5, 5.41) is 4.61. The van der Waals surface area contributed by atoms with Crippen LogP contribution in [-0.4, -0.2) is 15.5 Å². The van der Waals surface area contributed by atoms with Gasteiger partial charge in [0, 0.05) is 11.4 Å². The molecular weight excluding hydrogens is 299 g/mol. The van der Waals surface area contributed by atoms with E-state index in [9.17, 15) is 12.8 Å². The van der Waals surface area contributed by atoms with E-state index < -0.39 is 15.8 Å². The van der Waals surface area contributed by atoms with Crippen molar-refractivity contribution in [2.75, 3.05) is 11.8 Å². The maximum absolute atomic E-state index is 13.7. The number of hydrogen-bond acceptors (Lipinski definition) is 4. The number of aryl methyl sites for hydroxylation is 1. The molecule has 20 heavy (non-hydrogen) atoms. The SMILES string of the molecule is CNCc1sccc1S(=O)(=O)Nc1ccc(C)cc1F. The predicted octanol–water partition coefficient (Wildman–Crippen LogP) is 2.72. The monoisotopic (exact) mass is 314 g/mol. The minimum absolute atomic E-state index is 0.0443. The lowest BCUT2D eigenvalue weighted by Gasteiger charge is -2.10. The lowest BCUT2D eigenvalue weighted by Crippen LogP contribution is -2.16. The number of anilines is 1. The molecular formula is C13H15FN2O2S2. The summed E-state index contributed by atoms with van der Waals surface area (Å²) < 4.78 is 40.6. The Bertz CT molecular complexity index is 711. The summed E-state index contributed by atoms with van der Waals surface area (Å²) in [6, 6.07) is 5.89. The summed E-state index contributed by atoms with van der Waals surface area (Å²) in [7, 11) is -2.04. The molecule has 0 bridgehead atoms. The van der Waals surface area contributed by atoms with Crippen molar-refractivity contribution in [1.82, 2.24) is 5.32 Å². The minimum Gasteiger partial charge on any atom is -0.315 e. The first-order valence-corrected chi connectivity index (χ1v) is 8.30. The molecule has 4 nitrogen and oxygen atoms in total. The predicted molar refractivity (Wildman–Crippen MR) is 79.0 cm³/mol. The molecule has 0 saturated carbocycles. The van der Waals surface area contributed by atoms with E-state index >= 15 is 0 Å². The minimum atomic E-state index is -3.78. The van der Waals surface area contributed by atoms with Gasteiger partial charge < -0.3 is 5.32 Å². The Morgan fingerprint density at radius 1 is 1.30 bits per heavy atom. The quantitative estimate of drug-likeness (QED) is 0.892. The summed E-state index contributed by atoms with van der Waals surface area (Å²) in [6.07, 6.45) is 0. The second-order valence-corrected chi connectivity index (χ2v) is 6.98. The van der Waals surface area contributed by atoms with Crippen molar-refractivity contribution < 1.29 is 12.8 Å². The Morgan fingerprint density at radius 3 is 2.70 bits per heavy atom. The van der Waals surface area contributed by atoms with Crippen LogP contribution in [0.4, 0.5) is 10.1 Å². The molecule has 0 aliphatic heterocycles. The lowest BCUT2D eigenvalue weighted by atomic mass is 10.2. The van der Waals surface area contributed by atoms with Gasteiger partial charge in [0.15, 0.2) is 0 Å². The van der Waals surface area contributed by atoms with Gasteiger partial charge in [-0.2, -0.15) is 0 Å². The van der Waals surface area contributed by atoms with Gasteiger partial charge in [-0.05, 0) is 43.1 Å². The topological polar surface area (TPSA) is 58.2 Å². The zero-order valence-corrected chi connectivity index (χ0v) is 12.7. The van der Waals surface area contributed by atoms with Crippen LogP contribution in [-0.2, 0) is 16.6 Å². The van der Waals surface area contributed by atoms with Crippen molar-refractivity contribution in [3.05, 3.63) is 45.9 Å². The van der Waals surface area contributed by atoms with Gasteiger partial charge in [-0.3, -0.25) is 4.72 Å². The molecule has 0 atom stereocenters. The smallest absolute Gasteiger partial charge is 0.263 e. The number of nitrogens with one attached hydrogen (secondary N) is 2. The third-order valence-corrected chi connectivity index (χ3v) is 5.20. The van der Waals surface area contributed by atoms with Crippen LogP contribution < -0.4 is 10.0 Å². The molecule has 0 radical (unpaired) electrons. The third kappa shape index (κ3) is 3.17. The van der Waals surface area contributed by atoms with Gasteiger partial charge in [-0.15, -0.1) is 11.3 Å². The van der Waals surface area contributed by atoms with Crippen molar-refractivity contribution in [1.29, 1.82) is 0 Å². The molecule has 0 unspecified atom stereocenters. The summed E-state index contributed by atoms with van der Waals surface area (Å²) >= 11 is 1.34.